The van der Waals surface area contributed by atoms with Gasteiger partial charge in [0.05, 0.1) is 25.2 Å². The monoisotopic (exact) mass is 236 g/mol. The van der Waals surface area contributed by atoms with E-state index < -0.39 is 5.63 Å². The Morgan fingerprint density at radius 3 is 2.88 bits per heavy atom. The number of methoxy groups -OCH3 is 1. The molecule has 0 unspecified atom stereocenters. The normalized spacial score (nSPS) is 10.5. The van der Waals surface area contributed by atoms with Crippen molar-refractivity contribution in [1.82, 2.24) is 0 Å². The molecule has 2 rings (SSSR count). The minimum atomic E-state index is -0.478. The summed E-state index contributed by atoms with van der Waals surface area (Å²) in [7, 11) is 1.49. The van der Waals surface area contributed by atoms with Crippen molar-refractivity contribution in [2.45, 2.75) is 0 Å². The third-order valence-electron chi connectivity index (χ3n) is 2.26. The van der Waals surface area contributed by atoms with Crippen LogP contribution in [0.2, 0.25) is 0 Å². The second-order valence-electron chi connectivity index (χ2n) is 3.36. The number of hydrogen-bond donors (Lipinski definition) is 1. The van der Waals surface area contributed by atoms with Crippen molar-refractivity contribution < 1.29 is 19.0 Å². The van der Waals surface area contributed by atoms with Crippen LogP contribution < -0.4 is 15.1 Å². The van der Waals surface area contributed by atoms with Crippen LogP contribution in [0.15, 0.2) is 33.5 Å². The van der Waals surface area contributed by atoms with Gasteiger partial charge in [0, 0.05) is 6.07 Å². The SMILES string of the molecule is COc1cc(=O)oc2cc(OCCO)ccc12. The Hall–Kier alpha value is -2.01. The van der Waals surface area contributed by atoms with E-state index in [4.69, 9.17) is 19.0 Å². The number of hydrogen-bond acceptors (Lipinski definition) is 5. The van der Waals surface area contributed by atoms with Gasteiger partial charge in [-0.25, -0.2) is 4.79 Å². The first-order chi connectivity index (χ1) is 8.24. The molecule has 0 atom stereocenters. The molecule has 0 saturated heterocycles. The first-order valence-electron chi connectivity index (χ1n) is 5.10. The molecule has 0 fully saturated rings. The summed E-state index contributed by atoms with van der Waals surface area (Å²) in [5.41, 5.74) is -0.0848. The highest BCUT2D eigenvalue weighted by Gasteiger charge is 2.06. The van der Waals surface area contributed by atoms with Crippen LogP contribution in [0, 0.1) is 0 Å². The number of benzene rings is 1. The van der Waals surface area contributed by atoms with Crippen molar-refractivity contribution in [3.05, 3.63) is 34.7 Å². The zero-order chi connectivity index (χ0) is 12.3. The quantitative estimate of drug-likeness (QED) is 0.807. The predicted octanol–water partition coefficient (Wildman–Crippen LogP) is 1.17. The van der Waals surface area contributed by atoms with Crippen molar-refractivity contribution in [3.8, 4) is 11.5 Å². The van der Waals surface area contributed by atoms with Gasteiger partial charge in [0.2, 0.25) is 0 Å². The van der Waals surface area contributed by atoms with Crippen LogP contribution in [0.5, 0.6) is 11.5 Å². The standard InChI is InChI=1S/C12H12O5/c1-15-10-7-12(14)17-11-6-8(16-5-4-13)2-3-9(10)11/h2-3,6-7,13H,4-5H2,1H3. The summed E-state index contributed by atoms with van der Waals surface area (Å²) in [6.45, 7) is 0.125. The largest absolute Gasteiger partial charge is 0.496 e. The van der Waals surface area contributed by atoms with Gasteiger partial charge < -0.3 is 19.0 Å². The number of fused-ring (bicyclic) bond motifs is 1. The lowest BCUT2D eigenvalue weighted by Gasteiger charge is -2.07. The third-order valence-corrected chi connectivity index (χ3v) is 2.26. The van der Waals surface area contributed by atoms with Crippen molar-refractivity contribution in [2.75, 3.05) is 20.3 Å². The van der Waals surface area contributed by atoms with Gasteiger partial charge in [0.25, 0.3) is 0 Å². The van der Waals surface area contributed by atoms with Crippen molar-refractivity contribution in [3.63, 3.8) is 0 Å². The van der Waals surface area contributed by atoms with Gasteiger partial charge in [-0.1, -0.05) is 0 Å². The van der Waals surface area contributed by atoms with Crippen LogP contribution in [-0.4, -0.2) is 25.4 Å². The molecule has 2 aromatic rings. The molecule has 17 heavy (non-hydrogen) atoms. The van der Waals surface area contributed by atoms with E-state index in [1.54, 1.807) is 18.2 Å². The van der Waals surface area contributed by atoms with Crippen LogP contribution in [0.1, 0.15) is 0 Å². The van der Waals surface area contributed by atoms with E-state index in [1.165, 1.54) is 13.2 Å². The molecule has 0 bridgehead atoms. The molecule has 0 aliphatic heterocycles. The maximum Gasteiger partial charge on any atom is 0.339 e. The predicted molar refractivity (Wildman–Crippen MR) is 61.6 cm³/mol. The summed E-state index contributed by atoms with van der Waals surface area (Å²) in [6, 6.07) is 6.34. The first kappa shape index (κ1) is 11.5. The number of rotatable bonds is 4. The number of aliphatic hydroxyl groups is 1. The van der Waals surface area contributed by atoms with Crippen LogP contribution in [0.3, 0.4) is 0 Å². The van der Waals surface area contributed by atoms with Gasteiger partial charge in [-0.3, -0.25) is 0 Å². The molecule has 0 radical (unpaired) electrons. The molecule has 1 aromatic carbocycles. The minimum Gasteiger partial charge on any atom is -0.496 e. The highest BCUT2D eigenvalue weighted by Crippen LogP contribution is 2.26. The van der Waals surface area contributed by atoms with Gasteiger partial charge in [0.15, 0.2) is 0 Å². The Morgan fingerprint density at radius 2 is 2.18 bits per heavy atom. The lowest BCUT2D eigenvalue weighted by molar-refractivity contribution is 0.201. The van der Waals surface area contributed by atoms with E-state index >= 15 is 0 Å². The van der Waals surface area contributed by atoms with Gasteiger partial charge in [-0.15, -0.1) is 0 Å². The third kappa shape index (κ3) is 2.39. The molecule has 0 saturated carbocycles. The molecule has 0 aliphatic rings. The van der Waals surface area contributed by atoms with Crippen molar-refractivity contribution in [2.24, 2.45) is 0 Å². The van der Waals surface area contributed by atoms with E-state index in [-0.39, 0.29) is 13.2 Å². The van der Waals surface area contributed by atoms with E-state index in [2.05, 4.69) is 0 Å². The highest BCUT2D eigenvalue weighted by molar-refractivity contribution is 5.84. The van der Waals surface area contributed by atoms with Crippen molar-refractivity contribution in [1.29, 1.82) is 0 Å². The summed E-state index contributed by atoms with van der Waals surface area (Å²) in [6.07, 6.45) is 0. The molecular weight excluding hydrogens is 224 g/mol. The van der Waals surface area contributed by atoms with E-state index in [9.17, 15) is 4.79 Å². The minimum absolute atomic E-state index is 0.0693. The van der Waals surface area contributed by atoms with Crippen LogP contribution in [-0.2, 0) is 0 Å². The molecule has 5 heteroatoms. The van der Waals surface area contributed by atoms with E-state index in [0.29, 0.717) is 22.5 Å². The number of aliphatic hydroxyl groups excluding tert-OH is 1. The molecular formula is C12H12O5. The maximum atomic E-state index is 11.3. The Bertz CT molecular complexity index is 573. The average Bonchev–Trinajstić information content (AvgIpc) is 2.34. The van der Waals surface area contributed by atoms with Gasteiger partial charge in [-0.2, -0.15) is 0 Å². The molecule has 0 aliphatic carbocycles. The average molecular weight is 236 g/mol. The first-order valence-corrected chi connectivity index (χ1v) is 5.10. The van der Waals surface area contributed by atoms with Crippen molar-refractivity contribution >= 4 is 11.0 Å². The maximum absolute atomic E-state index is 11.3. The Kier molecular flexibility index (Phi) is 3.30. The van der Waals surface area contributed by atoms with Gasteiger partial charge in [-0.05, 0) is 12.1 Å². The van der Waals surface area contributed by atoms with E-state index in [1.807, 2.05) is 0 Å². The Morgan fingerprint density at radius 1 is 1.35 bits per heavy atom. The fourth-order valence-corrected chi connectivity index (χ4v) is 1.54. The van der Waals surface area contributed by atoms with Gasteiger partial charge >= 0.3 is 5.63 Å². The Labute approximate surface area is 97.2 Å². The Balaban J connectivity index is 2.50. The second-order valence-corrected chi connectivity index (χ2v) is 3.36. The van der Waals surface area contributed by atoms with Crippen LogP contribution in [0.25, 0.3) is 11.0 Å². The molecule has 1 aromatic heterocycles. The fourth-order valence-electron chi connectivity index (χ4n) is 1.54. The fraction of sp³-hybridized carbons (Fsp3) is 0.250. The molecule has 1 N–H and O–H groups in total. The summed E-state index contributed by atoms with van der Waals surface area (Å²) < 4.78 is 15.4. The molecule has 0 amide bonds. The lowest BCUT2D eigenvalue weighted by atomic mass is 10.2. The highest BCUT2D eigenvalue weighted by atomic mass is 16.5. The summed E-state index contributed by atoms with van der Waals surface area (Å²) in [5.74, 6) is 0.993. The summed E-state index contributed by atoms with van der Waals surface area (Å²) in [5, 5.41) is 9.35. The molecule has 90 valence electrons. The van der Waals surface area contributed by atoms with Crippen LogP contribution in [0.4, 0.5) is 0 Å². The second kappa shape index (κ2) is 4.88. The molecule has 0 spiro atoms. The summed E-state index contributed by atoms with van der Waals surface area (Å²) in [4.78, 5) is 11.3. The lowest BCUT2D eigenvalue weighted by Crippen LogP contribution is -2.02. The summed E-state index contributed by atoms with van der Waals surface area (Å²) >= 11 is 0. The van der Waals surface area contributed by atoms with E-state index in [0.717, 1.165) is 0 Å². The molecule has 5 nitrogen and oxygen atoms in total. The number of ether oxygens (including phenoxy) is 2. The van der Waals surface area contributed by atoms with Gasteiger partial charge in [0.1, 0.15) is 23.7 Å². The van der Waals surface area contributed by atoms with Crippen LogP contribution >= 0.6 is 0 Å². The molecule has 1 heterocycles. The zero-order valence-corrected chi connectivity index (χ0v) is 9.30. The smallest absolute Gasteiger partial charge is 0.339 e. The zero-order valence-electron chi connectivity index (χ0n) is 9.30. The topological polar surface area (TPSA) is 68.9 Å².